The summed E-state index contributed by atoms with van der Waals surface area (Å²) in [6, 6.07) is 15.9. The molecule has 0 spiro atoms. The lowest BCUT2D eigenvalue weighted by Crippen LogP contribution is -2.38. The number of pyridine rings is 1. The molecule has 4 aromatic rings. The van der Waals surface area contributed by atoms with E-state index in [0.29, 0.717) is 33.7 Å². The lowest BCUT2D eigenvalue weighted by molar-refractivity contribution is 0.0977. The van der Waals surface area contributed by atoms with Crippen LogP contribution in [0.3, 0.4) is 0 Å². The van der Waals surface area contributed by atoms with E-state index < -0.39 is 5.91 Å². The van der Waals surface area contributed by atoms with Crippen molar-refractivity contribution in [2.24, 2.45) is 0 Å². The summed E-state index contributed by atoms with van der Waals surface area (Å²) in [5, 5.41) is 6.48. The summed E-state index contributed by atoms with van der Waals surface area (Å²) >= 11 is 17.1. The Morgan fingerprint density at radius 2 is 1.90 bits per heavy atom. The number of aromatic nitrogens is 2. The van der Waals surface area contributed by atoms with Gasteiger partial charge in [-0.2, -0.15) is 4.98 Å². The largest absolute Gasteiger partial charge is 0.434 e. The molecular weight excluding hydrogens is 443 g/mol. The Labute approximate surface area is 187 Å². The van der Waals surface area contributed by atoms with Crippen molar-refractivity contribution >= 4 is 57.7 Å². The number of nitrogens with zero attached hydrogens (tertiary/aromatic N) is 2. The summed E-state index contributed by atoms with van der Waals surface area (Å²) in [6.45, 7) is 0.428. The molecular formula is C21H14Cl2N4O2S. The molecule has 30 heavy (non-hydrogen) atoms. The Hall–Kier alpha value is -3.00. The fraction of sp³-hybridized carbons (Fsp3) is 0.0476. The van der Waals surface area contributed by atoms with Gasteiger partial charge in [0.05, 0.1) is 10.6 Å². The number of thiocarbonyl (C=S) groups is 1. The molecule has 0 aliphatic carbocycles. The minimum absolute atomic E-state index is 0.185. The average Bonchev–Trinajstić information content (AvgIpc) is 3.18. The van der Waals surface area contributed by atoms with Gasteiger partial charge in [0, 0.05) is 23.3 Å². The minimum atomic E-state index is -0.431. The van der Waals surface area contributed by atoms with E-state index >= 15 is 0 Å². The van der Waals surface area contributed by atoms with Crippen LogP contribution in [0.5, 0.6) is 0 Å². The number of amides is 1. The van der Waals surface area contributed by atoms with E-state index in [0.717, 1.165) is 11.1 Å². The Morgan fingerprint density at radius 1 is 1.10 bits per heavy atom. The summed E-state index contributed by atoms with van der Waals surface area (Å²) in [7, 11) is 0. The van der Waals surface area contributed by atoms with Crippen LogP contribution in [-0.4, -0.2) is 21.0 Å². The molecule has 0 aliphatic rings. The predicted molar refractivity (Wildman–Crippen MR) is 121 cm³/mol. The molecule has 4 rings (SSSR count). The molecule has 0 aliphatic heterocycles. The SMILES string of the molecule is O=C(NC(=S)NCc1ccc(-c2nc3ncccc3o2)cc1)c1cc(Cl)ccc1Cl. The molecule has 2 aromatic carbocycles. The number of halogens is 2. The van der Waals surface area contributed by atoms with Gasteiger partial charge in [-0.05, 0) is 60.2 Å². The standard InChI is InChI=1S/C21H14Cl2N4O2S/c22-14-7-8-16(23)15(10-14)19(28)27-21(30)25-11-12-3-5-13(6-4-12)20-26-18-17(29-20)2-1-9-24-18/h1-10H,11H2,(H2,25,27,28,30). The second-order valence-corrected chi connectivity index (χ2v) is 7.55. The molecule has 0 fully saturated rings. The Kier molecular flexibility index (Phi) is 5.94. The van der Waals surface area contributed by atoms with Crippen molar-refractivity contribution in [2.75, 3.05) is 0 Å². The first-order chi connectivity index (χ1) is 14.5. The predicted octanol–water partition coefficient (Wildman–Crippen LogP) is 5.00. The molecule has 0 atom stereocenters. The molecule has 2 N–H and O–H groups in total. The Morgan fingerprint density at radius 3 is 2.67 bits per heavy atom. The van der Waals surface area contributed by atoms with E-state index in [2.05, 4.69) is 20.6 Å². The lowest BCUT2D eigenvalue weighted by Gasteiger charge is -2.11. The molecule has 0 bridgehead atoms. The second-order valence-electron chi connectivity index (χ2n) is 6.30. The van der Waals surface area contributed by atoms with Gasteiger partial charge in [0.1, 0.15) is 0 Å². The second kappa shape index (κ2) is 8.79. The van der Waals surface area contributed by atoms with Crippen LogP contribution in [0.15, 0.2) is 65.2 Å². The van der Waals surface area contributed by atoms with E-state index in [1.54, 1.807) is 24.4 Å². The van der Waals surface area contributed by atoms with Crippen molar-refractivity contribution in [1.82, 2.24) is 20.6 Å². The Balaban J connectivity index is 1.36. The summed E-state index contributed by atoms with van der Waals surface area (Å²) in [6.07, 6.45) is 1.67. The molecule has 2 heterocycles. The smallest absolute Gasteiger partial charge is 0.258 e. The van der Waals surface area contributed by atoms with Gasteiger partial charge in [-0.3, -0.25) is 10.1 Å². The molecule has 6 nitrogen and oxygen atoms in total. The fourth-order valence-corrected chi connectivity index (χ4v) is 3.27. The topological polar surface area (TPSA) is 80.0 Å². The van der Waals surface area contributed by atoms with Crippen LogP contribution in [0.2, 0.25) is 10.0 Å². The van der Waals surface area contributed by atoms with Crippen molar-refractivity contribution in [1.29, 1.82) is 0 Å². The third-order valence-electron chi connectivity index (χ3n) is 4.22. The average molecular weight is 457 g/mol. The van der Waals surface area contributed by atoms with E-state index in [4.69, 9.17) is 39.8 Å². The Bertz CT molecular complexity index is 1210. The van der Waals surface area contributed by atoms with E-state index in [9.17, 15) is 4.79 Å². The highest BCUT2D eigenvalue weighted by Gasteiger charge is 2.13. The van der Waals surface area contributed by atoms with Crippen molar-refractivity contribution in [3.05, 3.63) is 82.0 Å². The van der Waals surface area contributed by atoms with Crippen LogP contribution >= 0.6 is 35.4 Å². The van der Waals surface area contributed by atoms with Crippen LogP contribution in [0.25, 0.3) is 22.7 Å². The van der Waals surface area contributed by atoms with Gasteiger partial charge in [-0.25, -0.2) is 4.98 Å². The number of benzene rings is 2. The monoisotopic (exact) mass is 456 g/mol. The molecule has 2 aromatic heterocycles. The number of fused-ring (bicyclic) bond motifs is 1. The quantitative estimate of drug-likeness (QED) is 0.420. The van der Waals surface area contributed by atoms with Crippen LogP contribution in [-0.2, 0) is 6.54 Å². The molecule has 150 valence electrons. The maximum absolute atomic E-state index is 12.3. The highest BCUT2D eigenvalue weighted by Crippen LogP contribution is 2.23. The number of hydrogen-bond acceptors (Lipinski definition) is 5. The van der Waals surface area contributed by atoms with Gasteiger partial charge in [-0.15, -0.1) is 0 Å². The number of rotatable bonds is 4. The first-order valence-electron chi connectivity index (χ1n) is 8.85. The zero-order valence-corrected chi connectivity index (χ0v) is 17.7. The zero-order chi connectivity index (χ0) is 21.1. The van der Waals surface area contributed by atoms with E-state index in [1.807, 2.05) is 30.3 Å². The van der Waals surface area contributed by atoms with Crippen molar-refractivity contribution in [3.8, 4) is 11.5 Å². The molecule has 0 saturated carbocycles. The fourth-order valence-electron chi connectivity index (χ4n) is 2.73. The number of nitrogens with one attached hydrogen (secondary N) is 2. The zero-order valence-electron chi connectivity index (χ0n) is 15.4. The van der Waals surface area contributed by atoms with E-state index in [-0.39, 0.29) is 10.7 Å². The highest BCUT2D eigenvalue weighted by molar-refractivity contribution is 7.80. The molecule has 0 radical (unpaired) electrons. The number of hydrogen-bond donors (Lipinski definition) is 2. The van der Waals surface area contributed by atoms with Gasteiger partial charge in [0.15, 0.2) is 16.3 Å². The third-order valence-corrected chi connectivity index (χ3v) is 5.03. The number of oxazole rings is 1. The third kappa shape index (κ3) is 4.59. The summed E-state index contributed by atoms with van der Waals surface area (Å²) in [4.78, 5) is 20.9. The number of carbonyl (C=O) groups is 1. The lowest BCUT2D eigenvalue weighted by atomic mass is 10.1. The van der Waals surface area contributed by atoms with E-state index in [1.165, 1.54) is 6.07 Å². The van der Waals surface area contributed by atoms with Crippen molar-refractivity contribution in [3.63, 3.8) is 0 Å². The minimum Gasteiger partial charge on any atom is -0.434 e. The van der Waals surface area contributed by atoms with Gasteiger partial charge >= 0.3 is 0 Å². The number of carbonyl (C=O) groups excluding carboxylic acids is 1. The van der Waals surface area contributed by atoms with Crippen LogP contribution in [0, 0.1) is 0 Å². The molecule has 1 amide bonds. The molecule has 0 saturated heterocycles. The van der Waals surface area contributed by atoms with Gasteiger partial charge in [0.25, 0.3) is 5.91 Å². The van der Waals surface area contributed by atoms with Crippen LogP contribution in [0.4, 0.5) is 0 Å². The summed E-state index contributed by atoms with van der Waals surface area (Å²) < 4.78 is 5.72. The summed E-state index contributed by atoms with van der Waals surface area (Å²) in [5.74, 6) is 0.0734. The maximum Gasteiger partial charge on any atom is 0.258 e. The normalized spacial score (nSPS) is 10.7. The van der Waals surface area contributed by atoms with Crippen LogP contribution < -0.4 is 10.6 Å². The summed E-state index contributed by atoms with van der Waals surface area (Å²) in [5.41, 5.74) is 3.26. The van der Waals surface area contributed by atoms with Crippen molar-refractivity contribution < 1.29 is 9.21 Å². The first kappa shape index (κ1) is 20.3. The first-order valence-corrected chi connectivity index (χ1v) is 10.0. The molecule has 0 unspecified atom stereocenters. The highest BCUT2D eigenvalue weighted by atomic mass is 35.5. The molecule has 9 heteroatoms. The van der Waals surface area contributed by atoms with Gasteiger partial charge in [-0.1, -0.05) is 35.3 Å². The maximum atomic E-state index is 12.3. The van der Waals surface area contributed by atoms with Gasteiger partial charge in [0.2, 0.25) is 5.89 Å². The van der Waals surface area contributed by atoms with Crippen molar-refractivity contribution in [2.45, 2.75) is 6.54 Å². The van der Waals surface area contributed by atoms with Gasteiger partial charge < -0.3 is 9.73 Å². The van der Waals surface area contributed by atoms with Crippen LogP contribution in [0.1, 0.15) is 15.9 Å².